The molecule has 1 saturated carbocycles. The minimum atomic E-state index is -1.04. The summed E-state index contributed by atoms with van der Waals surface area (Å²) in [6.45, 7) is 20.0. The van der Waals surface area contributed by atoms with E-state index < -0.39 is 64.6 Å². The molecular weight excluding hydrogens is 542 g/mol. The third-order valence-corrected chi connectivity index (χ3v) is 7.80. The average molecular weight is 592 g/mol. The van der Waals surface area contributed by atoms with E-state index in [0.717, 1.165) is 0 Å². The second-order valence-electron chi connectivity index (χ2n) is 13.8. The molecule has 4 N–H and O–H groups in total. The Morgan fingerprint density at radius 2 is 1.64 bits per heavy atom. The first-order chi connectivity index (χ1) is 19.3. The molecule has 0 spiro atoms. The van der Waals surface area contributed by atoms with Gasteiger partial charge in [0.05, 0.1) is 6.04 Å². The molecule has 2 rings (SSSR count). The summed E-state index contributed by atoms with van der Waals surface area (Å²) in [5, 5.41) is 10.3. The van der Waals surface area contributed by atoms with Gasteiger partial charge < -0.3 is 30.9 Å². The Bertz CT molecular complexity index is 1090. The van der Waals surface area contributed by atoms with Crippen LogP contribution in [-0.4, -0.2) is 83.8 Å². The van der Waals surface area contributed by atoms with Crippen LogP contribution >= 0.6 is 0 Å². The van der Waals surface area contributed by atoms with Gasteiger partial charge in [-0.15, -0.1) is 6.58 Å². The number of rotatable bonds is 12. The molecule has 0 aromatic rings. The third-order valence-electron chi connectivity index (χ3n) is 7.80. The Morgan fingerprint density at radius 3 is 2.17 bits per heavy atom. The maximum Gasteiger partial charge on any atom is 0.325 e. The molecule has 1 aliphatic heterocycles. The molecule has 5 amide bonds. The van der Waals surface area contributed by atoms with Crippen molar-refractivity contribution in [3.63, 3.8) is 0 Å². The molecule has 5 atom stereocenters. The maximum atomic E-state index is 14.0. The van der Waals surface area contributed by atoms with Crippen LogP contribution in [-0.2, 0) is 28.7 Å². The highest BCUT2D eigenvalue weighted by Crippen LogP contribution is 2.65. The molecule has 12 heteroatoms. The van der Waals surface area contributed by atoms with Crippen LogP contribution in [0.3, 0.4) is 0 Å². The monoisotopic (exact) mass is 591 g/mol. The minimum Gasteiger partial charge on any atom is -0.459 e. The first-order valence-corrected chi connectivity index (χ1v) is 14.6. The summed E-state index contributed by atoms with van der Waals surface area (Å²) in [6, 6.07) is -3.67. The lowest BCUT2D eigenvalue weighted by Crippen LogP contribution is -2.61. The third kappa shape index (κ3) is 8.54. The van der Waals surface area contributed by atoms with Crippen molar-refractivity contribution in [3.05, 3.63) is 12.7 Å². The number of ether oxygens (including phenoxy) is 1. The van der Waals surface area contributed by atoms with Crippen molar-refractivity contribution in [1.82, 2.24) is 26.2 Å². The first-order valence-electron chi connectivity index (χ1n) is 14.6. The predicted molar refractivity (Wildman–Crippen MR) is 157 cm³/mol. The van der Waals surface area contributed by atoms with Crippen LogP contribution in [0.5, 0.6) is 0 Å². The van der Waals surface area contributed by atoms with Crippen molar-refractivity contribution in [2.45, 2.75) is 98.9 Å². The van der Waals surface area contributed by atoms with E-state index in [9.17, 15) is 28.8 Å². The number of Topliss-reactive ketones (excluding diaryl/α,β-unsaturated/α-hetero) is 1. The Balaban J connectivity index is 2.23. The summed E-state index contributed by atoms with van der Waals surface area (Å²) >= 11 is 0. The number of hydrogen-bond acceptors (Lipinski definition) is 7. The highest BCUT2D eigenvalue weighted by atomic mass is 16.6. The number of ketones is 1. The van der Waals surface area contributed by atoms with E-state index in [1.165, 1.54) is 11.0 Å². The summed E-state index contributed by atoms with van der Waals surface area (Å²) in [5.74, 6) is -3.22. The van der Waals surface area contributed by atoms with Crippen LogP contribution in [0.4, 0.5) is 4.79 Å². The molecule has 236 valence electrons. The van der Waals surface area contributed by atoms with E-state index in [0.29, 0.717) is 13.0 Å². The van der Waals surface area contributed by atoms with Crippen molar-refractivity contribution >= 4 is 35.5 Å². The quantitative estimate of drug-likeness (QED) is 0.152. The molecule has 0 aromatic carbocycles. The van der Waals surface area contributed by atoms with Crippen molar-refractivity contribution < 1.29 is 33.5 Å². The van der Waals surface area contributed by atoms with Gasteiger partial charge in [0, 0.05) is 13.1 Å². The summed E-state index contributed by atoms with van der Waals surface area (Å²) in [4.78, 5) is 79.2. The highest BCUT2D eigenvalue weighted by Gasteiger charge is 2.69. The number of amides is 5. The van der Waals surface area contributed by atoms with Crippen LogP contribution in [0.2, 0.25) is 0 Å². The minimum absolute atomic E-state index is 0.0648. The zero-order valence-electron chi connectivity index (χ0n) is 26.5. The molecule has 0 bridgehead atoms. The van der Waals surface area contributed by atoms with Crippen LogP contribution in [0.15, 0.2) is 12.7 Å². The molecule has 42 heavy (non-hydrogen) atoms. The number of carbonyl (C=O) groups excluding carboxylic acids is 6. The van der Waals surface area contributed by atoms with Gasteiger partial charge in [-0.2, -0.15) is 0 Å². The van der Waals surface area contributed by atoms with E-state index in [-0.39, 0.29) is 36.8 Å². The molecule has 12 nitrogen and oxygen atoms in total. The van der Waals surface area contributed by atoms with Crippen molar-refractivity contribution in [1.29, 1.82) is 0 Å². The summed E-state index contributed by atoms with van der Waals surface area (Å²) in [5.41, 5.74) is -1.65. The van der Waals surface area contributed by atoms with Gasteiger partial charge in [-0.05, 0) is 49.9 Å². The molecule has 0 aromatic heterocycles. The lowest BCUT2D eigenvalue weighted by molar-refractivity contribution is -0.153. The number of urea groups is 1. The van der Waals surface area contributed by atoms with Crippen LogP contribution in [0, 0.1) is 22.7 Å². The molecule has 0 radical (unpaired) electrons. The number of nitrogens with zero attached hydrogens (tertiary/aromatic N) is 1. The lowest BCUT2D eigenvalue weighted by Gasteiger charge is -2.37. The number of piperidine rings is 1. The van der Waals surface area contributed by atoms with Crippen LogP contribution in [0.25, 0.3) is 0 Å². The zero-order valence-corrected chi connectivity index (χ0v) is 26.5. The first kappa shape index (κ1) is 34.8. The van der Waals surface area contributed by atoms with Gasteiger partial charge in [-0.25, -0.2) is 4.79 Å². The van der Waals surface area contributed by atoms with Crippen molar-refractivity contribution in [2.24, 2.45) is 22.7 Å². The Hall–Kier alpha value is -3.44. The highest BCUT2D eigenvalue weighted by molar-refractivity contribution is 6.38. The maximum absolute atomic E-state index is 14.0. The predicted octanol–water partition coefficient (Wildman–Crippen LogP) is 1.68. The van der Waals surface area contributed by atoms with Gasteiger partial charge in [-0.1, -0.05) is 54.0 Å². The van der Waals surface area contributed by atoms with Crippen LogP contribution in [0.1, 0.15) is 75.2 Å². The van der Waals surface area contributed by atoms with E-state index in [4.69, 9.17) is 4.74 Å². The molecule has 1 aliphatic carbocycles. The van der Waals surface area contributed by atoms with E-state index in [1.54, 1.807) is 41.5 Å². The fourth-order valence-electron chi connectivity index (χ4n) is 5.56. The summed E-state index contributed by atoms with van der Waals surface area (Å²) < 4.78 is 5.21. The van der Waals surface area contributed by atoms with Gasteiger partial charge in [0.2, 0.25) is 17.6 Å². The van der Waals surface area contributed by atoms with Crippen molar-refractivity contribution in [2.75, 3.05) is 19.6 Å². The van der Waals surface area contributed by atoms with Gasteiger partial charge in [-0.3, -0.25) is 24.0 Å². The molecule has 1 saturated heterocycles. The molecule has 1 heterocycles. The number of hydrogen-bond donors (Lipinski definition) is 4. The average Bonchev–Trinajstić information content (AvgIpc) is 3.19. The largest absolute Gasteiger partial charge is 0.459 e. The van der Waals surface area contributed by atoms with E-state index in [1.807, 2.05) is 20.8 Å². The fraction of sp³-hybridized carbons (Fsp3) is 0.733. The second-order valence-corrected chi connectivity index (χ2v) is 13.8. The Labute approximate surface area is 249 Å². The molecule has 1 unspecified atom stereocenters. The number of esters is 1. The standard InChI is InChI=1S/C30H49N5O7/c1-11-13-18(22(37)25(39)31-14-12-2)33-24(38)21-20-17(30(20,9)10)16-35(21)26(40)23(28(3,4)5)34-27(41)32-15-19(36)42-29(6,7)8/h12,17-18,20-21,23H,2,11,13-16H2,1,3-10H3,(H,31,39)(H,33,38)(H2,32,34,41)/t17-,18?,20-,21-,23+/m0/s1. The van der Waals surface area contributed by atoms with Gasteiger partial charge >= 0.3 is 12.0 Å². The molecule has 2 fully saturated rings. The number of nitrogens with one attached hydrogen (secondary N) is 4. The summed E-state index contributed by atoms with van der Waals surface area (Å²) in [6.07, 6.45) is 2.26. The number of fused-ring (bicyclic) bond motifs is 1. The number of likely N-dealkylation sites (tertiary alicyclic amines) is 1. The van der Waals surface area contributed by atoms with Gasteiger partial charge in [0.1, 0.15) is 24.2 Å². The zero-order chi connectivity index (χ0) is 32.2. The Kier molecular flexibility index (Phi) is 11.0. The Morgan fingerprint density at radius 1 is 1.02 bits per heavy atom. The molecular formula is C30H49N5O7. The fourth-order valence-corrected chi connectivity index (χ4v) is 5.56. The van der Waals surface area contributed by atoms with E-state index >= 15 is 0 Å². The lowest BCUT2D eigenvalue weighted by atomic mass is 9.85. The topological polar surface area (TPSA) is 163 Å². The SMILES string of the molecule is C=CCNC(=O)C(=O)C(CCC)NC(=O)[C@@H]1[C@@H]2[C@H](CN1C(=O)[C@@H](NC(=O)NCC(=O)OC(C)(C)C)C(C)(C)C)C2(C)C. The van der Waals surface area contributed by atoms with Gasteiger partial charge in [0.25, 0.3) is 5.91 Å². The summed E-state index contributed by atoms with van der Waals surface area (Å²) in [7, 11) is 0. The van der Waals surface area contributed by atoms with Gasteiger partial charge in [0.15, 0.2) is 0 Å². The normalized spacial score (nSPS) is 22.1. The second kappa shape index (κ2) is 13.2. The smallest absolute Gasteiger partial charge is 0.325 e. The van der Waals surface area contributed by atoms with Crippen molar-refractivity contribution in [3.8, 4) is 0 Å². The molecule has 2 aliphatic rings. The number of carbonyl (C=O) groups is 6. The van der Waals surface area contributed by atoms with E-state index in [2.05, 4.69) is 27.8 Å². The van der Waals surface area contributed by atoms with Crippen LogP contribution < -0.4 is 21.3 Å².